The van der Waals surface area contributed by atoms with E-state index in [0.717, 1.165) is 0 Å². The molecule has 1 aliphatic rings. The Morgan fingerprint density at radius 2 is 2.05 bits per heavy atom. The highest BCUT2D eigenvalue weighted by Crippen LogP contribution is 2.37. The zero-order chi connectivity index (χ0) is 15.1. The van der Waals surface area contributed by atoms with Gasteiger partial charge in [-0.15, -0.1) is 0 Å². The number of rotatable bonds is 2. The van der Waals surface area contributed by atoms with Crippen molar-refractivity contribution in [3.63, 3.8) is 0 Å². The summed E-state index contributed by atoms with van der Waals surface area (Å²) in [5.41, 5.74) is 1.03. The zero-order valence-electron chi connectivity index (χ0n) is 11.5. The number of carbonyl (C=O) groups is 1. The molecule has 0 unspecified atom stereocenters. The van der Waals surface area contributed by atoms with Crippen molar-refractivity contribution >= 4 is 11.6 Å². The molecule has 2 heterocycles. The van der Waals surface area contributed by atoms with Gasteiger partial charge < -0.3 is 10.2 Å². The van der Waals surface area contributed by atoms with E-state index in [0.29, 0.717) is 11.4 Å². The first-order chi connectivity index (χ1) is 9.18. The third kappa shape index (κ3) is 2.95. The summed E-state index contributed by atoms with van der Waals surface area (Å²) >= 11 is 0. The lowest BCUT2D eigenvalue weighted by molar-refractivity contribution is -0.182. The van der Waals surface area contributed by atoms with Crippen LogP contribution >= 0.6 is 0 Å². The van der Waals surface area contributed by atoms with Gasteiger partial charge in [-0.1, -0.05) is 0 Å². The SMILES string of the molecule is Cc1nn(C)cc1NC(=O)[C@@H]1CN(C)C[C@H]1C(F)(F)F. The number of alkyl halides is 3. The molecule has 1 saturated heterocycles. The molecule has 1 aromatic heterocycles. The second-order valence-electron chi connectivity index (χ2n) is 5.27. The molecule has 20 heavy (non-hydrogen) atoms. The van der Waals surface area contributed by atoms with Crippen molar-refractivity contribution < 1.29 is 18.0 Å². The van der Waals surface area contributed by atoms with Crippen LogP contribution in [0.3, 0.4) is 0 Å². The maximum absolute atomic E-state index is 12.9. The van der Waals surface area contributed by atoms with E-state index >= 15 is 0 Å². The maximum Gasteiger partial charge on any atom is 0.393 e. The number of nitrogens with zero attached hydrogens (tertiary/aromatic N) is 3. The Hall–Kier alpha value is -1.57. The Balaban J connectivity index is 2.13. The third-order valence-electron chi connectivity index (χ3n) is 3.53. The van der Waals surface area contributed by atoms with Crippen LogP contribution < -0.4 is 5.32 Å². The lowest BCUT2D eigenvalue weighted by atomic mass is 9.94. The van der Waals surface area contributed by atoms with Crippen LogP contribution in [0.15, 0.2) is 6.20 Å². The minimum atomic E-state index is -4.36. The Bertz CT molecular complexity index is 511. The molecule has 0 radical (unpaired) electrons. The van der Waals surface area contributed by atoms with Gasteiger partial charge in [0, 0.05) is 26.3 Å². The molecule has 0 aromatic carbocycles. The number of carbonyl (C=O) groups excluding carboxylic acids is 1. The predicted molar refractivity (Wildman–Crippen MR) is 67.1 cm³/mol. The number of nitrogens with one attached hydrogen (secondary N) is 1. The minimum absolute atomic E-state index is 0.106. The summed E-state index contributed by atoms with van der Waals surface area (Å²) < 4.78 is 40.3. The van der Waals surface area contributed by atoms with Gasteiger partial charge in [0.2, 0.25) is 5.91 Å². The molecule has 0 spiro atoms. The van der Waals surface area contributed by atoms with E-state index < -0.39 is 23.9 Å². The van der Waals surface area contributed by atoms with Crippen molar-refractivity contribution in [2.45, 2.75) is 13.1 Å². The number of amides is 1. The summed E-state index contributed by atoms with van der Waals surface area (Å²) in [6.07, 6.45) is -2.79. The molecule has 2 rings (SSSR count). The quantitative estimate of drug-likeness (QED) is 0.896. The Kier molecular flexibility index (Phi) is 3.77. The van der Waals surface area contributed by atoms with Crippen LogP contribution in [-0.4, -0.2) is 46.9 Å². The van der Waals surface area contributed by atoms with E-state index in [1.54, 1.807) is 27.2 Å². The third-order valence-corrected chi connectivity index (χ3v) is 3.53. The average molecular weight is 290 g/mol. The zero-order valence-corrected chi connectivity index (χ0v) is 11.5. The van der Waals surface area contributed by atoms with E-state index in [9.17, 15) is 18.0 Å². The fraction of sp³-hybridized carbons (Fsp3) is 0.667. The van der Waals surface area contributed by atoms with E-state index in [1.807, 2.05) is 0 Å². The van der Waals surface area contributed by atoms with Gasteiger partial charge in [-0.2, -0.15) is 18.3 Å². The number of hydrogen-bond donors (Lipinski definition) is 1. The molecule has 1 aliphatic heterocycles. The van der Waals surface area contributed by atoms with Crippen molar-refractivity contribution in [1.29, 1.82) is 0 Å². The summed E-state index contributed by atoms with van der Waals surface area (Å²) in [6.45, 7) is 1.65. The molecular weight excluding hydrogens is 273 g/mol. The first-order valence-corrected chi connectivity index (χ1v) is 6.25. The standard InChI is InChI=1S/C12H17F3N4O/c1-7-10(6-19(3)17-7)16-11(20)8-4-18(2)5-9(8)12(13,14)15/h6,8-9H,4-5H2,1-3H3,(H,16,20)/t8-,9-/m1/s1. The highest BCUT2D eigenvalue weighted by Gasteiger charge is 2.51. The van der Waals surface area contributed by atoms with E-state index in [2.05, 4.69) is 10.4 Å². The second-order valence-corrected chi connectivity index (χ2v) is 5.27. The molecule has 112 valence electrons. The summed E-state index contributed by atoms with van der Waals surface area (Å²) in [5.74, 6) is -3.31. The average Bonchev–Trinajstić information content (AvgIpc) is 2.82. The van der Waals surface area contributed by atoms with Gasteiger partial charge in [0.25, 0.3) is 0 Å². The lowest BCUT2D eigenvalue weighted by Gasteiger charge is -2.20. The van der Waals surface area contributed by atoms with Crippen molar-refractivity contribution in [2.75, 3.05) is 25.5 Å². The fourth-order valence-corrected chi connectivity index (χ4v) is 2.55. The molecule has 8 heteroatoms. The number of hydrogen-bond acceptors (Lipinski definition) is 3. The molecule has 1 N–H and O–H groups in total. The van der Waals surface area contributed by atoms with Crippen LogP contribution in [-0.2, 0) is 11.8 Å². The predicted octanol–water partition coefficient (Wildman–Crippen LogP) is 1.41. The number of aromatic nitrogens is 2. The first-order valence-electron chi connectivity index (χ1n) is 6.25. The van der Waals surface area contributed by atoms with Crippen molar-refractivity contribution in [3.05, 3.63) is 11.9 Å². The van der Waals surface area contributed by atoms with Crippen molar-refractivity contribution in [1.82, 2.24) is 14.7 Å². The number of likely N-dealkylation sites (tertiary alicyclic amines) is 1. The minimum Gasteiger partial charge on any atom is -0.323 e. The van der Waals surface area contributed by atoms with Gasteiger partial charge in [0.15, 0.2) is 0 Å². The molecule has 0 aliphatic carbocycles. The topological polar surface area (TPSA) is 50.2 Å². The number of halogens is 3. The van der Waals surface area contributed by atoms with Crippen LogP contribution in [0.1, 0.15) is 5.69 Å². The second kappa shape index (κ2) is 5.08. The van der Waals surface area contributed by atoms with E-state index in [-0.39, 0.29) is 13.1 Å². The molecule has 2 atom stereocenters. The van der Waals surface area contributed by atoms with Crippen LogP contribution in [0.25, 0.3) is 0 Å². The van der Waals surface area contributed by atoms with Crippen LogP contribution in [0.4, 0.5) is 18.9 Å². The fourth-order valence-electron chi connectivity index (χ4n) is 2.55. The van der Waals surface area contributed by atoms with Crippen molar-refractivity contribution in [2.24, 2.45) is 18.9 Å². The molecule has 0 saturated carbocycles. The molecule has 1 aromatic rings. The van der Waals surface area contributed by atoms with E-state index in [4.69, 9.17) is 0 Å². The molecule has 5 nitrogen and oxygen atoms in total. The molecular formula is C12H17F3N4O. The highest BCUT2D eigenvalue weighted by molar-refractivity contribution is 5.93. The van der Waals surface area contributed by atoms with Gasteiger partial charge >= 0.3 is 6.18 Å². The largest absolute Gasteiger partial charge is 0.393 e. The van der Waals surface area contributed by atoms with Gasteiger partial charge in [0.1, 0.15) is 0 Å². The maximum atomic E-state index is 12.9. The summed E-state index contributed by atoms with van der Waals surface area (Å²) in [4.78, 5) is 13.6. The number of aryl methyl sites for hydroxylation is 2. The first kappa shape index (κ1) is 14.8. The summed E-state index contributed by atoms with van der Waals surface area (Å²) in [5, 5.41) is 6.59. The lowest BCUT2D eigenvalue weighted by Crippen LogP contribution is -2.36. The highest BCUT2D eigenvalue weighted by atomic mass is 19.4. The van der Waals surface area contributed by atoms with Gasteiger partial charge in [-0.25, -0.2) is 0 Å². The molecule has 1 amide bonds. The van der Waals surface area contributed by atoms with Gasteiger partial charge in [-0.05, 0) is 14.0 Å². The Morgan fingerprint density at radius 3 is 2.55 bits per heavy atom. The molecule has 0 bridgehead atoms. The Labute approximate surface area is 114 Å². The monoisotopic (exact) mass is 290 g/mol. The summed E-state index contributed by atoms with van der Waals surface area (Å²) in [7, 11) is 3.27. The van der Waals surface area contributed by atoms with Gasteiger partial charge in [-0.3, -0.25) is 9.48 Å². The normalized spacial score (nSPS) is 24.1. The Morgan fingerprint density at radius 1 is 1.40 bits per heavy atom. The smallest absolute Gasteiger partial charge is 0.323 e. The van der Waals surface area contributed by atoms with E-state index in [1.165, 1.54) is 9.58 Å². The molecule has 1 fully saturated rings. The summed E-state index contributed by atoms with van der Waals surface area (Å²) in [6, 6.07) is 0. The number of anilines is 1. The van der Waals surface area contributed by atoms with Crippen LogP contribution in [0.2, 0.25) is 0 Å². The van der Waals surface area contributed by atoms with Crippen molar-refractivity contribution in [3.8, 4) is 0 Å². The van der Waals surface area contributed by atoms with Crippen LogP contribution in [0.5, 0.6) is 0 Å². The van der Waals surface area contributed by atoms with Gasteiger partial charge in [0.05, 0.1) is 23.2 Å². The van der Waals surface area contributed by atoms with Crippen LogP contribution in [0, 0.1) is 18.8 Å².